The van der Waals surface area contributed by atoms with Crippen molar-refractivity contribution in [3.05, 3.63) is 0 Å². The molecule has 0 saturated carbocycles. The van der Waals surface area contributed by atoms with Crippen LogP contribution in [0.25, 0.3) is 0 Å². The van der Waals surface area contributed by atoms with E-state index in [9.17, 15) is 9.59 Å². The van der Waals surface area contributed by atoms with Gasteiger partial charge in [0.05, 0.1) is 13.2 Å². The lowest BCUT2D eigenvalue weighted by atomic mass is 10.1. The first kappa shape index (κ1) is 19.9. The van der Waals surface area contributed by atoms with E-state index >= 15 is 0 Å². The van der Waals surface area contributed by atoms with Crippen LogP contribution in [0, 0.1) is 11.8 Å². The Morgan fingerprint density at radius 2 is 1.10 bits per heavy atom. The Kier molecular flexibility index (Phi) is 10.5. The second-order valence-electron chi connectivity index (χ2n) is 5.50. The quantitative estimate of drug-likeness (QED) is 0.425. The third kappa shape index (κ3) is 8.95. The minimum absolute atomic E-state index is 0.362. The van der Waals surface area contributed by atoms with Gasteiger partial charge in [0.1, 0.15) is 9.65 Å². The molecule has 0 rings (SSSR count). The molecular formula is C14H24Br2O4. The lowest BCUT2D eigenvalue weighted by Gasteiger charge is -2.16. The largest absolute Gasteiger partial charge is 0.465 e. The van der Waals surface area contributed by atoms with Crippen LogP contribution in [-0.4, -0.2) is 34.8 Å². The molecule has 0 amide bonds. The summed E-state index contributed by atoms with van der Waals surface area (Å²) in [5.74, 6) is 0.0383. The summed E-state index contributed by atoms with van der Waals surface area (Å²) in [6.45, 7) is 8.94. The molecule has 0 aromatic rings. The SMILES string of the molecule is CC(C)CCOC(=O)[C@@H](Br)[C@H](Br)C(=O)OCCC(C)C. The molecule has 0 aliphatic rings. The number of halogens is 2. The minimum atomic E-state index is -0.735. The molecule has 118 valence electrons. The van der Waals surface area contributed by atoms with Crippen molar-refractivity contribution in [3.63, 3.8) is 0 Å². The zero-order valence-electron chi connectivity index (χ0n) is 12.5. The molecule has 0 saturated heterocycles. The van der Waals surface area contributed by atoms with Crippen LogP contribution >= 0.6 is 31.9 Å². The maximum Gasteiger partial charge on any atom is 0.321 e. The fourth-order valence-electron chi connectivity index (χ4n) is 1.19. The zero-order chi connectivity index (χ0) is 15.7. The number of alkyl halides is 2. The predicted octanol–water partition coefficient (Wildman–Crippen LogP) is 3.69. The standard InChI is InChI=1S/C14H24Br2O4/c1-9(2)5-7-19-13(17)11(15)12(16)14(18)20-8-6-10(3)4/h9-12H,5-8H2,1-4H3/t11-,12-/m0/s1. The van der Waals surface area contributed by atoms with Crippen LogP contribution in [0.3, 0.4) is 0 Å². The molecule has 20 heavy (non-hydrogen) atoms. The van der Waals surface area contributed by atoms with E-state index in [1.165, 1.54) is 0 Å². The lowest BCUT2D eigenvalue weighted by molar-refractivity contribution is -0.149. The Morgan fingerprint density at radius 3 is 1.35 bits per heavy atom. The maximum absolute atomic E-state index is 11.7. The van der Waals surface area contributed by atoms with Crippen molar-refractivity contribution in [1.82, 2.24) is 0 Å². The number of ether oxygens (including phenoxy) is 2. The van der Waals surface area contributed by atoms with E-state index in [0.717, 1.165) is 12.8 Å². The van der Waals surface area contributed by atoms with Crippen molar-refractivity contribution in [2.75, 3.05) is 13.2 Å². The van der Waals surface area contributed by atoms with E-state index in [4.69, 9.17) is 9.47 Å². The normalized spacial score (nSPS) is 14.2. The average molecular weight is 416 g/mol. The van der Waals surface area contributed by atoms with E-state index in [1.807, 2.05) is 0 Å². The maximum atomic E-state index is 11.7. The molecule has 0 spiro atoms. The van der Waals surface area contributed by atoms with Crippen molar-refractivity contribution in [3.8, 4) is 0 Å². The van der Waals surface area contributed by atoms with Crippen molar-refractivity contribution >= 4 is 43.8 Å². The number of rotatable bonds is 9. The summed E-state index contributed by atoms with van der Waals surface area (Å²) in [4.78, 5) is 22.0. The van der Waals surface area contributed by atoms with Crippen molar-refractivity contribution in [2.45, 2.75) is 50.2 Å². The van der Waals surface area contributed by atoms with Gasteiger partial charge in [-0.2, -0.15) is 0 Å². The van der Waals surface area contributed by atoms with Crippen LogP contribution in [0.15, 0.2) is 0 Å². The molecule has 0 aromatic carbocycles. The summed E-state index contributed by atoms with van der Waals surface area (Å²) in [5.41, 5.74) is 0. The molecule has 0 radical (unpaired) electrons. The summed E-state index contributed by atoms with van der Waals surface area (Å²) in [6.07, 6.45) is 1.61. The van der Waals surface area contributed by atoms with Gasteiger partial charge < -0.3 is 9.47 Å². The van der Waals surface area contributed by atoms with Gasteiger partial charge in [-0.05, 0) is 24.7 Å². The Morgan fingerprint density at radius 1 is 0.800 bits per heavy atom. The van der Waals surface area contributed by atoms with Crippen LogP contribution < -0.4 is 0 Å². The van der Waals surface area contributed by atoms with Crippen LogP contribution in [0.5, 0.6) is 0 Å². The number of hydrogen-bond acceptors (Lipinski definition) is 4. The second kappa shape index (κ2) is 10.6. The van der Waals surface area contributed by atoms with Crippen LogP contribution in [0.1, 0.15) is 40.5 Å². The molecule has 0 aromatic heterocycles. The highest BCUT2D eigenvalue weighted by Gasteiger charge is 2.32. The van der Waals surface area contributed by atoms with E-state index in [0.29, 0.717) is 25.0 Å². The average Bonchev–Trinajstić information content (AvgIpc) is 2.35. The van der Waals surface area contributed by atoms with E-state index in [2.05, 4.69) is 59.6 Å². The predicted molar refractivity (Wildman–Crippen MR) is 86.3 cm³/mol. The molecule has 0 fully saturated rings. The zero-order valence-corrected chi connectivity index (χ0v) is 15.7. The third-order valence-electron chi connectivity index (χ3n) is 2.59. The van der Waals surface area contributed by atoms with Gasteiger partial charge in [-0.15, -0.1) is 0 Å². The highest BCUT2D eigenvalue weighted by molar-refractivity contribution is 9.12. The number of carbonyl (C=O) groups excluding carboxylic acids is 2. The van der Waals surface area contributed by atoms with Gasteiger partial charge in [0.25, 0.3) is 0 Å². The van der Waals surface area contributed by atoms with Crippen molar-refractivity contribution < 1.29 is 19.1 Å². The number of esters is 2. The van der Waals surface area contributed by atoms with Crippen LogP contribution in [0.4, 0.5) is 0 Å². The Bertz CT molecular complexity index is 276. The summed E-state index contributed by atoms with van der Waals surface area (Å²) >= 11 is 6.35. The molecule has 0 unspecified atom stereocenters. The number of hydrogen-bond donors (Lipinski definition) is 0. The fourth-order valence-corrected chi connectivity index (χ4v) is 1.88. The van der Waals surface area contributed by atoms with Crippen LogP contribution in [-0.2, 0) is 19.1 Å². The Labute approximate surface area is 138 Å². The molecule has 0 bridgehead atoms. The van der Waals surface area contributed by atoms with E-state index < -0.39 is 21.6 Å². The van der Waals surface area contributed by atoms with Gasteiger partial charge in [-0.25, -0.2) is 0 Å². The van der Waals surface area contributed by atoms with E-state index in [1.54, 1.807) is 0 Å². The molecule has 0 aliphatic carbocycles. The highest BCUT2D eigenvalue weighted by Crippen LogP contribution is 2.18. The molecule has 0 N–H and O–H groups in total. The van der Waals surface area contributed by atoms with Gasteiger partial charge >= 0.3 is 11.9 Å². The van der Waals surface area contributed by atoms with Gasteiger partial charge in [0.15, 0.2) is 0 Å². The lowest BCUT2D eigenvalue weighted by Crippen LogP contribution is -2.34. The summed E-state index contributed by atoms with van der Waals surface area (Å²) < 4.78 is 10.2. The molecule has 0 aliphatic heterocycles. The van der Waals surface area contributed by atoms with Crippen molar-refractivity contribution in [1.29, 1.82) is 0 Å². The smallest absolute Gasteiger partial charge is 0.321 e. The first-order valence-electron chi connectivity index (χ1n) is 6.87. The third-order valence-corrected chi connectivity index (χ3v) is 5.10. The van der Waals surface area contributed by atoms with Gasteiger partial charge in [-0.1, -0.05) is 59.6 Å². The summed E-state index contributed by atoms with van der Waals surface area (Å²) in [7, 11) is 0. The Balaban J connectivity index is 4.07. The second-order valence-corrected chi connectivity index (χ2v) is 7.48. The summed E-state index contributed by atoms with van der Waals surface area (Å²) in [6, 6.07) is 0. The fraction of sp³-hybridized carbons (Fsp3) is 0.857. The molecular weight excluding hydrogens is 392 g/mol. The van der Waals surface area contributed by atoms with Gasteiger partial charge in [0.2, 0.25) is 0 Å². The molecule has 0 heterocycles. The molecule has 4 nitrogen and oxygen atoms in total. The molecule has 6 heteroatoms. The van der Waals surface area contributed by atoms with Crippen LogP contribution in [0.2, 0.25) is 0 Å². The van der Waals surface area contributed by atoms with E-state index in [-0.39, 0.29) is 0 Å². The van der Waals surface area contributed by atoms with Gasteiger partial charge in [-0.3, -0.25) is 9.59 Å². The number of carbonyl (C=O) groups is 2. The first-order valence-corrected chi connectivity index (χ1v) is 8.70. The highest BCUT2D eigenvalue weighted by atomic mass is 79.9. The minimum Gasteiger partial charge on any atom is -0.465 e. The summed E-state index contributed by atoms with van der Waals surface area (Å²) in [5, 5.41) is 0. The Hall–Kier alpha value is -0.100. The first-order chi connectivity index (χ1) is 9.25. The topological polar surface area (TPSA) is 52.6 Å². The monoisotopic (exact) mass is 414 g/mol. The van der Waals surface area contributed by atoms with Gasteiger partial charge in [0, 0.05) is 0 Å². The molecule has 2 atom stereocenters. The van der Waals surface area contributed by atoms with Crippen molar-refractivity contribution in [2.24, 2.45) is 11.8 Å².